The molecule has 0 spiro atoms. The number of nitrogens with zero attached hydrogens (tertiary/aromatic N) is 1. The van der Waals surface area contributed by atoms with Crippen LogP contribution in [-0.2, 0) is 4.74 Å². The zero-order valence-electron chi connectivity index (χ0n) is 10.7. The van der Waals surface area contributed by atoms with E-state index in [2.05, 4.69) is 26.2 Å². The van der Waals surface area contributed by atoms with E-state index in [9.17, 15) is 4.79 Å². The predicted octanol–water partition coefficient (Wildman–Crippen LogP) is 3.38. The molecule has 4 nitrogen and oxygen atoms in total. The second-order valence-corrected chi connectivity index (χ2v) is 5.42. The SMILES string of the molecule is CC(C)(C)OC(=O)NCC=Cc1cccnc1Br. The number of ether oxygens (including phenoxy) is 1. The van der Waals surface area contributed by atoms with E-state index in [4.69, 9.17) is 4.74 Å². The summed E-state index contributed by atoms with van der Waals surface area (Å²) in [6, 6.07) is 3.78. The number of rotatable bonds is 3. The first-order chi connectivity index (χ1) is 8.38. The highest BCUT2D eigenvalue weighted by atomic mass is 79.9. The summed E-state index contributed by atoms with van der Waals surface area (Å²) < 4.78 is 5.88. The van der Waals surface area contributed by atoms with Crippen LogP contribution in [-0.4, -0.2) is 23.2 Å². The number of hydrogen-bond acceptors (Lipinski definition) is 3. The molecule has 98 valence electrons. The van der Waals surface area contributed by atoms with Crippen LogP contribution in [0.2, 0.25) is 0 Å². The van der Waals surface area contributed by atoms with Gasteiger partial charge in [0.15, 0.2) is 0 Å². The van der Waals surface area contributed by atoms with Crippen molar-refractivity contribution in [1.29, 1.82) is 0 Å². The topological polar surface area (TPSA) is 51.2 Å². The van der Waals surface area contributed by atoms with Crippen LogP contribution in [0.15, 0.2) is 29.0 Å². The zero-order valence-corrected chi connectivity index (χ0v) is 12.3. The molecule has 0 bridgehead atoms. The van der Waals surface area contributed by atoms with Gasteiger partial charge in [-0.3, -0.25) is 0 Å². The molecule has 0 unspecified atom stereocenters. The van der Waals surface area contributed by atoms with Crippen LogP contribution in [0.3, 0.4) is 0 Å². The highest BCUT2D eigenvalue weighted by Crippen LogP contribution is 2.13. The molecule has 1 aromatic heterocycles. The van der Waals surface area contributed by atoms with Crippen molar-refractivity contribution < 1.29 is 9.53 Å². The van der Waals surface area contributed by atoms with Crippen molar-refractivity contribution in [3.05, 3.63) is 34.6 Å². The summed E-state index contributed by atoms with van der Waals surface area (Å²) in [6.07, 6.45) is 5.01. The standard InChI is InChI=1S/C13H17BrN2O2/c1-13(2,3)18-12(17)16-9-5-7-10-6-4-8-15-11(10)14/h4-8H,9H2,1-3H3,(H,16,17). The third kappa shape index (κ3) is 5.82. The number of pyridine rings is 1. The molecule has 0 aliphatic heterocycles. The Hall–Kier alpha value is -1.36. The molecule has 1 aromatic rings. The van der Waals surface area contributed by atoms with Gasteiger partial charge in [-0.25, -0.2) is 9.78 Å². The van der Waals surface area contributed by atoms with Gasteiger partial charge in [0.25, 0.3) is 0 Å². The minimum atomic E-state index is -0.472. The van der Waals surface area contributed by atoms with Crippen molar-refractivity contribution in [2.24, 2.45) is 0 Å². The summed E-state index contributed by atoms with van der Waals surface area (Å²) in [6.45, 7) is 5.90. The fourth-order valence-corrected chi connectivity index (χ4v) is 1.55. The van der Waals surface area contributed by atoms with Crippen LogP contribution in [0.1, 0.15) is 26.3 Å². The Labute approximate surface area is 116 Å². The minimum Gasteiger partial charge on any atom is -0.444 e. The Kier molecular flexibility index (Phi) is 5.34. The molecule has 0 aliphatic carbocycles. The van der Waals surface area contributed by atoms with Crippen molar-refractivity contribution >= 4 is 28.1 Å². The number of alkyl carbamates (subject to hydrolysis) is 1. The van der Waals surface area contributed by atoms with Gasteiger partial charge in [-0.1, -0.05) is 18.2 Å². The highest BCUT2D eigenvalue weighted by Gasteiger charge is 2.14. The van der Waals surface area contributed by atoms with E-state index in [1.165, 1.54) is 0 Å². The minimum absolute atomic E-state index is 0.413. The zero-order chi connectivity index (χ0) is 13.6. The van der Waals surface area contributed by atoms with Gasteiger partial charge in [0.1, 0.15) is 10.2 Å². The van der Waals surface area contributed by atoms with Crippen molar-refractivity contribution in [3.8, 4) is 0 Å². The molecule has 0 saturated heterocycles. The van der Waals surface area contributed by atoms with Crippen molar-refractivity contribution in [1.82, 2.24) is 10.3 Å². The lowest BCUT2D eigenvalue weighted by molar-refractivity contribution is 0.0534. The summed E-state index contributed by atoms with van der Waals surface area (Å²) >= 11 is 3.34. The van der Waals surface area contributed by atoms with Crippen molar-refractivity contribution in [2.75, 3.05) is 6.54 Å². The molecule has 18 heavy (non-hydrogen) atoms. The fraction of sp³-hybridized carbons (Fsp3) is 0.385. The average molecular weight is 313 g/mol. The van der Waals surface area contributed by atoms with E-state index >= 15 is 0 Å². The fourth-order valence-electron chi connectivity index (χ4n) is 1.17. The molecule has 0 aliphatic rings. The number of aromatic nitrogens is 1. The largest absolute Gasteiger partial charge is 0.444 e. The molecule has 1 rings (SSSR count). The lowest BCUT2D eigenvalue weighted by atomic mass is 10.2. The van der Waals surface area contributed by atoms with E-state index < -0.39 is 11.7 Å². The van der Waals surface area contributed by atoms with Crippen LogP contribution in [0.25, 0.3) is 6.08 Å². The highest BCUT2D eigenvalue weighted by molar-refractivity contribution is 9.10. The average Bonchev–Trinajstić information content (AvgIpc) is 2.24. The van der Waals surface area contributed by atoms with Gasteiger partial charge < -0.3 is 10.1 Å². The van der Waals surface area contributed by atoms with Gasteiger partial charge in [0.2, 0.25) is 0 Å². The van der Waals surface area contributed by atoms with Crippen LogP contribution in [0.5, 0.6) is 0 Å². The Bertz CT molecular complexity index is 439. The maximum absolute atomic E-state index is 11.3. The Morgan fingerprint density at radius 3 is 2.89 bits per heavy atom. The number of halogens is 1. The Balaban J connectivity index is 2.38. The van der Waals surface area contributed by atoms with Gasteiger partial charge in [-0.05, 0) is 42.8 Å². The maximum atomic E-state index is 11.3. The summed E-state index contributed by atoms with van der Waals surface area (Å²) in [4.78, 5) is 15.4. The van der Waals surface area contributed by atoms with E-state index in [-0.39, 0.29) is 0 Å². The molecule has 1 N–H and O–H groups in total. The van der Waals surface area contributed by atoms with Crippen LogP contribution < -0.4 is 5.32 Å². The lowest BCUT2D eigenvalue weighted by Crippen LogP contribution is -2.32. The van der Waals surface area contributed by atoms with E-state index in [1.54, 1.807) is 6.20 Å². The number of carbonyl (C=O) groups is 1. The van der Waals surface area contributed by atoms with Gasteiger partial charge >= 0.3 is 6.09 Å². The first-order valence-corrected chi connectivity index (χ1v) is 6.42. The van der Waals surface area contributed by atoms with E-state index in [0.29, 0.717) is 6.54 Å². The molecule has 0 fully saturated rings. The van der Waals surface area contributed by atoms with Crippen LogP contribution in [0.4, 0.5) is 4.79 Å². The first-order valence-electron chi connectivity index (χ1n) is 5.62. The third-order valence-electron chi connectivity index (χ3n) is 1.85. The predicted molar refractivity (Wildman–Crippen MR) is 75.2 cm³/mol. The van der Waals surface area contributed by atoms with Crippen molar-refractivity contribution in [2.45, 2.75) is 26.4 Å². The molecule has 1 amide bonds. The van der Waals surface area contributed by atoms with Crippen LogP contribution in [0, 0.1) is 0 Å². The molecule has 5 heteroatoms. The van der Waals surface area contributed by atoms with E-state index in [0.717, 1.165) is 10.2 Å². The second-order valence-electron chi connectivity index (χ2n) is 4.67. The maximum Gasteiger partial charge on any atom is 0.407 e. The van der Waals surface area contributed by atoms with Crippen LogP contribution >= 0.6 is 15.9 Å². The summed E-state index contributed by atoms with van der Waals surface area (Å²) in [5.41, 5.74) is 0.490. The van der Waals surface area contributed by atoms with Gasteiger partial charge in [0, 0.05) is 18.3 Å². The monoisotopic (exact) mass is 312 g/mol. The van der Waals surface area contributed by atoms with E-state index in [1.807, 2.05) is 45.1 Å². The quantitative estimate of drug-likeness (QED) is 0.870. The van der Waals surface area contributed by atoms with Crippen molar-refractivity contribution in [3.63, 3.8) is 0 Å². The third-order valence-corrected chi connectivity index (χ3v) is 2.51. The summed E-state index contributed by atoms with van der Waals surface area (Å²) in [5.74, 6) is 0. The molecule has 0 saturated carbocycles. The number of amides is 1. The summed E-state index contributed by atoms with van der Waals surface area (Å²) in [7, 11) is 0. The first kappa shape index (κ1) is 14.7. The molecule has 0 radical (unpaired) electrons. The van der Waals surface area contributed by atoms with Gasteiger partial charge in [0.05, 0.1) is 0 Å². The molecular formula is C13H17BrN2O2. The number of nitrogens with one attached hydrogen (secondary N) is 1. The number of carbonyl (C=O) groups excluding carboxylic acids is 1. The lowest BCUT2D eigenvalue weighted by Gasteiger charge is -2.19. The molecule has 1 heterocycles. The van der Waals surface area contributed by atoms with Gasteiger partial charge in [-0.2, -0.15) is 0 Å². The Morgan fingerprint density at radius 2 is 2.28 bits per heavy atom. The summed E-state index contributed by atoms with van der Waals surface area (Å²) in [5, 5.41) is 2.65. The smallest absolute Gasteiger partial charge is 0.407 e. The normalized spacial score (nSPS) is 11.6. The second kappa shape index (κ2) is 6.54. The molecule has 0 aromatic carbocycles. The Morgan fingerprint density at radius 1 is 1.56 bits per heavy atom. The molecule has 0 atom stereocenters. The molecular weight excluding hydrogens is 296 g/mol. The van der Waals surface area contributed by atoms with Gasteiger partial charge in [-0.15, -0.1) is 0 Å². The number of hydrogen-bond donors (Lipinski definition) is 1.